The molecule has 156 valence electrons. The maximum atomic E-state index is 13.9. The van der Waals surface area contributed by atoms with Crippen molar-refractivity contribution in [2.45, 2.75) is 51.2 Å². The minimum Gasteiger partial charge on any atom is -0.368 e. The topological polar surface area (TPSA) is 50.1 Å². The first-order valence-corrected chi connectivity index (χ1v) is 9.14. The molecule has 0 bridgehead atoms. The molecule has 0 amide bonds. The standard InChI is InChI=1S/C21H23F4N3O/c1-14-6-7-15(22)11-16(14)19(2,3)12-20(29,21(23,24)25)27-13-28-10-8-17-18(28)5-4-9-26-17/h4-11,27,29H,12-13H2,1-3H3. The first kappa shape index (κ1) is 21.3. The number of benzene rings is 1. The lowest BCUT2D eigenvalue weighted by atomic mass is 9.76. The predicted octanol–water partition coefficient (Wildman–Crippen LogP) is 4.65. The number of hydrogen-bond acceptors (Lipinski definition) is 3. The monoisotopic (exact) mass is 409 g/mol. The van der Waals surface area contributed by atoms with E-state index in [0.717, 1.165) is 0 Å². The highest BCUT2D eigenvalue weighted by molar-refractivity contribution is 5.75. The normalized spacial score (nSPS) is 14.9. The van der Waals surface area contributed by atoms with E-state index < -0.39 is 29.6 Å². The molecule has 1 atom stereocenters. The van der Waals surface area contributed by atoms with Gasteiger partial charge in [-0.25, -0.2) is 4.39 Å². The molecule has 0 spiro atoms. The van der Waals surface area contributed by atoms with Crippen molar-refractivity contribution in [2.24, 2.45) is 0 Å². The van der Waals surface area contributed by atoms with Crippen molar-refractivity contribution in [1.29, 1.82) is 0 Å². The third kappa shape index (κ3) is 4.28. The van der Waals surface area contributed by atoms with Crippen LogP contribution in [0.3, 0.4) is 0 Å². The SMILES string of the molecule is Cc1ccc(F)cc1C(C)(C)CC(O)(NCn1ccc2ncccc21)C(F)(F)F. The Bertz CT molecular complexity index is 1010. The summed E-state index contributed by atoms with van der Waals surface area (Å²) in [5.41, 5.74) is -1.97. The fourth-order valence-electron chi connectivity index (χ4n) is 3.70. The van der Waals surface area contributed by atoms with E-state index in [-0.39, 0.29) is 6.67 Å². The molecule has 3 aromatic rings. The molecular formula is C21H23F4N3O. The van der Waals surface area contributed by atoms with Gasteiger partial charge in [-0.05, 0) is 53.8 Å². The van der Waals surface area contributed by atoms with Gasteiger partial charge in [-0.1, -0.05) is 19.9 Å². The van der Waals surface area contributed by atoms with Gasteiger partial charge in [0.25, 0.3) is 0 Å². The zero-order valence-corrected chi connectivity index (χ0v) is 16.4. The maximum Gasteiger partial charge on any atom is 0.431 e. The molecule has 8 heteroatoms. The molecule has 0 aliphatic rings. The van der Waals surface area contributed by atoms with E-state index in [1.165, 1.54) is 18.2 Å². The highest BCUT2D eigenvalue weighted by Crippen LogP contribution is 2.40. The number of fused-ring (bicyclic) bond motifs is 1. The summed E-state index contributed by atoms with van der Waals surface area (Å²) in [4.78, 5) is 4.14. The van der Waals surface area contributed by atoms with Gasteiger partial charge in [-0.3, -0.25) is 10.3 Å². The second kappa shape index (κ2) is 7.42. The first-order chi connectivity index (χ1) is 13.4. The van der Waals surface area contributed by atoms with Crippen LogP contribution in [0.1, 0.15) is 31.4 Å². The van der Waals surface area contributed by atoms with Crippen molar-refractivity contribution >= 4 is 11.0 Å². The number of aromatic nitrogens is 2. The van der Waals surface area contributed by atoms with Gasteiger partial charge in [0.2, 0.25) is 5.72 Å². The van der Waals surface area contributed by atoms with Crippen molar-refractivity contribution in [2.75, 3.05) is 0 Å². The second-order valence-corrected chi connectivity index (χ2v) is 7.91. The molecule has 2 N–H and O–H groups in total. The molecule has 0 radical (unpaired) electrons. The molecule has 0 saturated carbocycles. The Morgan fingerprint density at radius 1 is 1.14 bits per heavy atom. The van der Waals surface area contributed by atoms with Crippen LogP contribution in [-0.4, -0.2) is 26.6 Å². The zero-order valence-electron chi connectivity index (χ0n) is 16.4. The molecule has 0 saturated heterocycles. The number of halogens is 4. The molecule has 4 nitrogen and oxygen atoms in total. The Balaban J connectivity index is 1.89. The van der Waals surface area contributed by atoms with E-state index >= 15 is 0 Å². The molecule has 0 aliphatic carbocycles. The number of hydrogen-bond donors (Lipinski definition) is 2. The molecule has 1 unspecified atom stereocenters. The average molecular weight is 409 g/mol. The summed E-state index contributed by atoms with van der Waals surface area (Å²) in [6.07, 6.45) is -2.43. The van der Waals surface area contributed by atoms with E-state index in [0.29, 0.717) is 22.2 Å². The zero-order chi connectivity index (χ0) is 21.4. The summed E-state index contributed by atoms with van der Waals surface area (Å²) in [6, 6.07) is 9.10. The van der Waals surface area contributed by atoms with Gasteiger partial charge in [0.15, 0.2) is 0 Å². The summed E-state index contributed by atoms with van der Waals surface area (Å²) >= 11 is 0. The highest BCUT2D eigenvalue weighted by Gasteiger charge is 2.56. The minimum atomic E-state index is -4.94. The summed E-state index contributed by atoms with van der Waals surface area (Å²) in [5, 5.41) is 12.9. The largest absolute Gasteiger partial charge is 0.431 e. The van der Waals surface area contributed by atoms with Gasteiger partial charge >= 0.3 is 6.18 Å². The molecule has 3 rings (SSSR count). The van der Waals surface area contributed by atoms with Crippen molar-refractivity contribution < 1.29 is 22.7 Å². The Hall–Kier alpha value is -2.45. The van der Waals surface area contributed by atoms with E-state index in [9.17, 15) is 22.7 Å². The third-order valence-electron chi connectivity index (χ3n) is 5.18. The van der Waals surface area contributed by atoms with E-state index in [2.05, 4.69) is 10.3 Å². The quantitative estimate of drug-likeness (QED) is 0.460. The smallest absolute Gasteiger partial charge is 0.368 e. The molecule has 0 aliphatic heterocycles. The molecular weight excluding hydrogens is 386 g/mol. The van der Waals surface area contributed by atoms with Crippen LogP contribution in [-0.2, 0) is 12.1 Å². The molecule has 2 heterocycles. The number of nitrogens with one attached hydrogen (secondary N) is 1. The van der Waals surface area contributed by atoms with Crippen molar-refractivity contribution in [3.05, 3.63) is 65.7 Å². The molecule has 29 heavy (non-hydrogen) atoms. The van der Waals surface area contributed by atoms with Gasteiger partial charge < -0.3 is 9.67 Å². The van der Waals surface area contributed by atoms with Gasteiger partial charge in [0, 0.05) is 18.8 Å². The lowest BCUT2D eigenvalue weighted by Crippen LogP contribution is -2.59. The Kier molecular flexibility index (Phi) is 5.44. The first-order valence-electron chi connectivity index (χ1n) is 9.14. The van der Waals surface area contributed by atoms with Crippen molar-refractivity contribution in [3.63, 3.8) is 0 Å². The van der Waals surface area contributed by atoms with Gasteiger partial charge in [0.05, 0.1) is 17.7 Å². The van der Waals surface area contributed by atoms with E-state index in [1.807, 2.05) is 0 Å². The second-order valence-electron chi connectivity index (χ2n) is 7.91. The number of rotatable bonds is 6. The fourth-order valence-corrected chi connectivity index (χ4v) is 3.70. The lowest BCUT2D eigenvalue weighted by molar-refractivity contribution is -0.281. The molecule has 2 aromatic heterocycles. The van der Waals surface area contributed by atoms with Crippen LogP contribution < -0.4 is 5.32 Å². The van der Waals surface area contributed by atoms with Gasteiger partial charge in [-0.15, -0.1) is 0 Å². The Morgan fingerprint density at radius 3 is 2.55 bits per heavy atom. The summed E-state index contributed by atoms with van der Waals surface area (Å²) in [6.45, 7) is 4.54. The summed E-state index contributed by atoms with van der Waals surface area (Å²) in [5.74, 6) is -0.534. The van der Waals surface area contributed by atoms with Crippen LogP contribution >= 0.6 is 0 Å². The third-order valence-corrected chi connectivity index (χ3v) is 5.18. The minimum absolute atomic E-state index is 0.274. The van der Waals surface area contributed by atoms with E-state index in [4.69, 9.17) is 0 Å². The fraction of sp³-hybridized carbons (Fsp3) is 0.381. The number of pyridine rings is 1. The average Bonchev–Trinajstić information content (AvgIpc) is 3.04. The van der Waals surface area contributed by atoms with Crippen LogP contribution in [0.5, 0.6) is 0 Å². The number of aryl methyl sites for hydroxylation is 1. The predicted molar refractivity (Wildman–Crippen MR) is 103 cm³/mol. The lowest BCUT2D eigenvalue weighted by Gasteiger charge is -2.39. The van der Waals surface area contributed by atoms with Crippen molar-refractivity contribution in [3.8, 4) is 0 Å². The highest BCUT2D eigenvalue weighted by atomic mass is 19.4. The maximum absolute atomic E-state index is 13.9. The van der Waals surface area contributed by atoms with Crippen LogP contribution in [0, 0.1) is 12.7 Å². The van der Waals surface area contributed by atoms with Crippen LogP contribution in [0.15, 0.2) is 48.8 Å². The number of nitrogens with zero attached hydrogens (tertiary/aromatic N) is 2. The molecule has 1 aromatic carbocycles. The molecule has 0 fully saturated rings. The number of alkyl halides is 3. The summed E-state index contributed by atoms with van der Waals surface area (Å²) in [7, 11) is 0. The Labute approximate surface area is 166 Å². The van der Waals surface area contributed by atoms with Gasteiger partial charge in [0.1, 0.15) is 5.82 Å². The van der Waals surface area contributed by atoms with Crippen LogP contribution in [0.25, 0.3) is 11.0 Å². The van der Waals surface area contributed by atoms with Crippen LogP contribution in [0.4, 0.5) is 17.6 Å². The Morgan fingerprint density at radius 2 is 1.86 bits per heavy atom. The van der Waals surface area contributed by atoms with Crippen molar-refractivity contribution in [1.82, 2.24) is 14.9 Å². The van der Waals surface area contributed by atoms with Crippen LogP contribution in [0.2, 0.25) is 0 Å². The number of aliphatic hydroxyl groups is 1. The van der Waals surface area contributed by atoms with Gasteiger partial charge in [-0.2, -0.15) is 13.2 Å². The van der Waals surface area contributed by atoms with E-state index in [1.54, 1.807) is 55.9 Å². The summed E-state index contributed by atoms with van der Waals surface area (Å²) < 4.78 is 56.9.